The van der Waals surface area contributed by atoms with E-state index in [0.29, 0.717) is 0 Å². The van der Waals surface area contributed by atoms with Gasteiger partial charge in [-0.05, 0) is 0 Å². The molecular weight excluding hydrogens is 208 g/mol. The zero-order chi connectivity index (χ0) is 10.5. The standard InChI is InChI=1S/C4H8O8S/c1-10-3(5)2-11-12-13(8,9)4(6)7/h3,5H,2H2,1H3,(H,6,7). The minimum absolute atomic E-state index is 0.622. The average Bonchev–Trinajstić information content (AvgIpc) is 2.03. The fraction of sp³-hybridized carbons (Fsp3) is 0.750. The van der Waals surface area contributed by atoms with Crippen molar-refractivity contribution in [1.82, 2.24) is 0 Å². The number of hydrogen-bond donors (Lipinski definition) is 2. The monoisotopic (exact) mass is 216 g/mol. The Hall–Kier alpha value is -0.740. The van der Waals surface area contributed by atoms with Crippen LogP contribution in [0.3, 0.4) is 0 Å². The number of aliphatic hydroxyl groups excluding tert-OH is 1. The van der Waals surface area contributed by atoms with Crippen molar-refractivity contribution in [3.63, 3.8) is 0 Å². The lowest BCUT2D eigenvalue weighted by Crippen LogP contribution is -2.21. The predicted molar refractivity (Wildman–Crippen MR) is 37.0 cm³/mol. The number of carboxylic acid groups (broad SMARTS) is 1. The van der Waals surface area contributed by atoms with Gasteiger partial charge in [-0.1, -0.05) is 4.33 Å². The maximum atomic E-state index is 10.3. The highest BCUT2D eigenvalue weighted by Gasteiger charge is 2.23. The first-order valence-electron chi connectivity index (χ1n) is 2.90. The first kappa shape index (κ1) is 12.3. The third-order valence-electron chi connectivity index (χ3n) is 0.834. The molecule has 8 nitrogen and oxygen atoms in total. The van der Waals surface area contributed by atoms with E-state index in [1.54, 1.807) is 0 Å². The number of methoxy groups -OCH3 is 1. The number of rotatable bonds is 5. The minimum Gasteiger partial charge on any atom is -0.468 e. The molecule has 0 fully saturated rings. The Morgan fingerprint density at radius 1 is 1.54 bits per heavy atom. The van der Waals surface area contributed by atoms with Gasteiger partial charge in [-0.3, -0.25) is 0 Å². The third-order valence-corrected chi connectivity index (χ3v) is 1.54. The number of hydrogen-bond acceptors (Lipinski definition) is 7. The molecule has 0 saturated heterocycles. The molecule has 0 aromatic heterocycles. The van der Waals surface area contributed by atoms with Crippen LogP contribution in [0.5, 0.6) is 0 Å². The summed E-state index contributed by atoms with van der Waals surface area (Å²) in [7, 11) is -3.64. The summed E-state index contributed by atoms with van der Waals surface area (Å²) in [5.41, 5.74) is 0. The molecule has 0 aliphatic heterocycles. The quantitative estimate of drug-likeness (QED) is 0.338. The van der Waals surface area contributed by atoms with Gasteiger partial charge in [0.2, 0.25) is 0 Å². The van der Waals surface area contributed by atoms with Crippen LogP contribution in [0.4, 0.5) is 4.79 Å². The van der Waals surface area contributed by atoms with E-state index >= 15 is 0 Å². The molecule has 2 N–H and O–H groups in total. The van der Waals surface area contributed by atoms with Crippen molar-refractivity contribution in [2.75, 3.05) is 13.7 Å². The Balaban J connectivity index is 3.84. The lowest BCUT2D eigenvalue weighted by molar-refractivity contribution is -0.250. The van der Waals surface area contributed by atoms with Crippen LogP contribution >= 0.6 is 0 Å². The fourth-order valence-corrected chi connectivity index (χ4v) is 0.487. The van der Waals surface area contributed by atoms with Crippen LogP contribution in [0.1, 0.15) is 0 Å². The van der Waals surface area contributed by atoms with Crippen LogP contribution in [0.25, 0.3) is 0 Å². The van der Waals surface area contributed by atoms with E-state index in [-0.39, 0.29) is 0 Å². The fourth-order valence-electron chi connectivity index (χ4n) is 0.246. The molecule has 0 aliphatic rings. The van der Waals surface area contributed by atoms with Crippen molar-refractivity contribution >= 4 is 15.4 Å². The summed E-state index contributed by atoms with van der Waals surface area (Å²) in [6.07, 6.45) is -1.39. The van der Waals surface area contributed by atoms with Crippen molar-refractivity contribution in [2.45, 2.75) is 6.29 Å². The van der Waals surface area contributed by atoms with E-state index in [9.17, 15) is 13.2 Å². The molecule has 0 saturated carbocycles. The van der Waals surface area contributed by atoms with Gasteiger partial charge in [0.1, 0.15) is 6.61 Å². The zero-order valence-electron chi connectivity index (χ0n) is 6.54. The molecular formula is C4H8O8S. The SMILES string of the molecule is COC(O)COOS(=O)(=O)C(=O)O. The first-order chi connectivity index (χ1) is 5.90. The van der Waals surface area contributed by atoms with E-state index in [2.05, 4.69) is 14.0 Å². The van der Waals surface area contributed by atoms with Gasteiger partial charge >= 0.3 is 15.4 Å². The van der Waals surface area contributed by atoms with Crippen LogP contribution in [-0.4, -0.2) is 43.9 Å². The minimum atomic E-state index is -4.77. The van der Waals surface area contributed by atoms with E-state index in [1.807, 2.05) is 0 Å². The Morgan fingerprint density at radius 2 is 2.08 bits per heavy atom. The second-order valence-electron chi connectivity index (χ2n) is 1.76. The van der Waals surface area contributed by atoms with Crippen molar-refractivity contribution in [2.24, 2.45) is 0 Å². The maximum absolute atomic E-state index is 10.3. The molecule has 0 spiro atoms. The third kappa shape index (κ3) is 4.75. The Kier molecular flexibility index (Phi) is 4.80. The van der Waals surface area contributed by atoms with Gasteiger partial charge in [0.15, 0.2) is 6.29 Å². The lowest BCUT2D eigenvalue weighted by Gasteiger charge is -2.06. The van der Waals surface area contributed by atoms with E-state index < -0.39 is 28.3 Å². The van der Waals surface area contributed by atoms with Crippen molar-refractivity contribution in [1.29, 1.82) is 0 Å². The molecule has 13 heavy (non-hydrogen) atoms. The zero-order valence-corrected chi connectivity index (χ0v) is 7.35. The topological polar surface area (TPSA) is 119 Å². The van der Waals surface area contributed by atoms with E-state index in [4.69, 9.17) is 10.2 Å². The molecule has 0 aromatic carbocycles. The molecule has 1 atom stereocenters. The van der Waals surface area contributed by atoms with Gasteiger partial charge < -0.3 is 14.9 Å². The van der Waals surface area contributed by atoms with Crippen LogP contribution in [0, 0.1) is 0 Å². The molecule has 0 radical (unpaired) electrons. The van der Waals surface area contributed by atoms with Crippen LogP contribution in [-0.2, 0) is 24.1 Å². The van der Waals surface area contributed by atoms with Gasteiger partial charge in [0, 0.05) is 7.11 Å². The largest absolute Gasteiger partial charge is 0.468 e. The maximum Gasteiger partial charge on any atom is 0.451 e. The van der Waals surface area contributed by atoms with Crippen molar-refractivity contribution in [3.8, 4) is 0 Å². The highest BCUT2D eigenvalue weighted by Crippen LogP contribution is 1.96. The summed E-state index contributed by atoms with van der Waals surface area (Å²) in [6, 6.07) is 0. The second kappa shape index (κ2) is 5.09. The summed E-state index contributed by atoms with van der Waals surface area (Å²) in [6.45, 7) is -0.622. The van der Waals surface area contributed by atoms with Gasteiger partial charge in [0.05, 0.1) is 0 Å². The van der Waals surface area contributed by atoms with Crippen LogP contribution in [0.15, 0.2) is 0 Å². The van der Waals surface area contributed by atoms with Gasteiger partial charge in [-0.2, -0.15) is 8.42 Å². The van der Waals surface area contributed by atoms with E-state index in [1.165, 1.54) is 0 Å². The summed E-state index contributed by atoms with van der Waals surface area (Å²) in [4.78, 5) is 13.7. The summed E-state index contributed by atoms with van der Waals surface area (Å²) in [5.74, 6) is 0. The Morgan fingerprint density at radius 3 is 2.46 bits per heavy atom. The lowest BCUT2D eigenvalue weighted by atomic mass is 10.7. The predicted octanol–water partition coefficient (Wildman–Crippen LogP) is -1.09. The molecule has 0 aromatic rings. The molecule has 1 unspecified atom stereocenters. The first-order valence-corrected chi connectivity index (χ1v) is 4.31. The molecule has 0 rings (SSSR count). The highest BCUT2D eigenvalue weighted by atomic mass is 32.2. The average molecular weight is 216 g/mol. The normalized spacial score (nSPS) is 14.0. The molecule has 0 heterocycles. The van der Waals surface area contributed by atoms with Crippen molar-refractivity contribution < 1.29 is 37.4 Å². The number of carbonyl (C=O) groups is 1. The molecule has 0 bridgehead atoms. The summed E-state index contributed by atoms with van der Waals surface area (Å²) in [5, 5.41) is 14.4. The van der Waals surface area contributed by atoms with Gasteiger partial charge in [-0.25, -0.2) is 9.68 Å². The number of ether oxygens (including phenoxy) is 1. The second-order valence-corrected chi connectivity index (χ2v) is 3.16. The summed E-state index contributed by atoms with van der Waals surface area (Å²) < 4.78 is 28.4. The van der Waals surface area contributed by atoms with Crippen LogP contribution in [0.2, 0.25) is 0 Å². The van der Waals surface area contributed by atoms with E-state index in [0.717, 1.165) is 7.11 Å². The van der Waals surface area contributed by atoms with Gasteiger partial charge in [0.25, 0.3) is 0 Å². The molecule has 0 aliphatic carbocycles. The Labute approximate surface area is 73.7 Å². The summed E-state index contributed by atoms with van der Waals surface area (Å²) >= 11 is 0. The smallest absolute Gasteiger partial charge is 0.451 e. The number of aliphatic hydroxyl groups is 1. The van der Waals surface area contributed by atoms with Gasteiger partial charge in [-0.15, -0.1) is 0 Å². The molecule has 0 amide bonds. The molecule has 78 valence electrons. The highest BCUT2D eigenvalue weighted by molar-refractivity contribution is 8.01. The Bertz CT molecular complexity index is 255. The molecule has 9 heteroatoms. The van der Waals surface area contributed by atoms with Crippen molar-refractivity contribution in [3.05, 3.63) is 0 Å². The van der Waals surface area contributed by atoms with Crippen LogP contribution < -0.4 is 0 Å².